The molecule has 0 radical (unpaired) electrons. The molecule has 1 aliphatic carbocycles. The summed E-state index contributed by atoms with van der Waals surface area (Å²) in [5, 5.41) is 4.57. The van der Waals surface area contributed by atoms with Gasteiger partial charge in [-0.15, -0.1) is 5.10 Å². The topological polar surface area (TPSA) is 56.2 Å². The van der Waals surface area contributed by atoms with Gasteiger partial charge in [0.15, 0.2) is 11.6 Å². The maximum absolute atomic E-state index is 5.42. The molecular formula is C13H12N4O. The first-order chi connectivity index (χ1) is 8.92. The van der Waals surface area contributed by atoms with Crippen LogP contribution in [-0.2, 0) is 0 Å². The highest BCUT2D eigenvalue weighted by Crippen LogP contribution is 2.34. The van der Waals surface area contributed by atoms with Crippen molar-refractivity contribution in [2.75, 3.05) is 0 Å². The van der Waals surface area contributed by atoms with Gasteiger partial charge in [-0.2, -0.15) is 9.50 Å². The minimum Gasteiger partial charge on any atom is -0.463 e. The van der Waals surface area contributed by atoms with Crippen LogP contribution in [-0.4, -0.2) is 19.6 Å². The molecule has 3 heterocycles. The first-order valence-corrected chi connectivity index (χ1v) is 6.17. The zero-order chi connectivity index (χ0) is 11.9. The third-order valence-corrected chi connectivity index (χ3v) is 3.50. The second kappa shape index (κ2) is 3.66. The molecular weight excluding hydrogens is 228 g/mol. The van der Waals surface area contributed by atoms with Gasteiger partial charge in [-0.25, -0.2) is 4.98 Å². The number of hydrogen-bond acceptors (Lipinski definition) is 4. The Labute approximate surface area is 103 Å². The number of aromatic nitrogens is 4. The van der Waals surface area contributed by atoms with E-state index < -0.39 is 0 Å². The molecule has 5 nitrogen and oxygen atoms in total. The monoisotopic (exact) mass is 240 g/mol. The average Bonchev–Trinajstić information content (AvgIpc) is 2.94. The Morgan fingerprint density at radius 3 is 2.94 bits per heavy atom. The van der Waals surface area contributed by atoms with Crippen molar-refractivity contribution in [3.63, 3.8) is 0 Å². The van der Waals surface area contributed by atoms with E-state index in [-0.39, 0.29) is 0 Å². The van der Waals surface area contributed by atoms with Crippen LogP contribution in [0.15, 0.2) is 35.1 Å². The van der Waals surface area contributed by atoms with Crippen LogP contribution in [0, 0.1) is 0 Å². The summed E-state index contributed by atoms with van der Waals surface area (Å²) in [7, 11) is 0. The van der Waals surface area contributed by atoms with Gasteiger partial charge in [-0.05, 0) is 31.0 Å². The zero-order valence-corrected chi connectivity index (χ0v) is 9.78. The Balaban J connectivity index is 1.90. The minimum absolute atomic E-state index is 0.510. The highest BCUT2D eigenvalue weighted by Gasteiger charge is 2.24. The van der Waals surface area contributed by atoms with Gasteiger partial charge in [0.05, 0.1) is 6.26 Å². The van der Waals surface area contributed by atoms with Gasteiger partial charge in [0.2, 0.25) is 0 Å². The van der Waals surface area contributed by atoms with Gasteiger partial charge in [0.1, 0.15) is 5.69 Å². The van der Waals surface area contributed by atoms with Crippen molar-refractivity contribution in [2.24, 2.45) is 0 Å². The Kier molecular flexibility index (Phi) is 2.00. The van der Waals surface area contributed by atoms with E-state index >= 15 is 0 Å². The number of hydrogen-bond donors (Lipinski definition) is 0. The quantitative estimate of drug-likeness (QED) is 0.691. The van der Waals surface area contributed by atoms with Gasteiger partial charge in [-0.1, -0.05) is 6.42 Å². The van der Waals surface area contributed by atoms with E-state index in [2.05, 4.69) is 15.1 Å². The molecule has 0 saturated heterocycles. The van der Waals surface area contributed by atoms with Crippen molar-refractivity contribution < 1.29 is 4.42 Å². The fourth-order valence-corrected chi connectivity index (χ4v) is 2.26. The Morgan fingerprint density at radius 2 is 2.22 bits per heavy atom. The lowest BCUT2D eigenvalue weighted by atomic mass is 9.85. The number of fused-ring (bicyclic) bond motifs is 1. The van der Waals surface area contributed by atoms with E-state index in [0.29, 0.717) is 11.7 Å². The third-order valence-electron chi connectivity index (χ3n) is 3.50. The summed E-state index contributed by atoms with van der Waals surface area (Å²) in [6, 6.07) is 5.68. The first kappa shape index (κ1) is 9.82. The summed E-state index contributed by atoms with van der Waals surface area (Å²) < 4.78 is 7.19. The molecule has 0 N–H and O–H groups in total. The second-order valence-corrected chi connectivity index (χ2v) is 4.62. The van der Waals surface area contributed by atoms with Crippen LogP contribution in [0.4, 0.5) is 0 Å². The fourth-order valence-electron chi connectivity index (χ4n) is 2.26. The van der Waals surface area contributed by atoms with Crippen molar-refractivity contribution in [3.8, 4) is 11.5 Å². The van der Waals surface area contributed by atoms with Gasteiger partial charge in [0.25, 0.3) is 5.78 Å². The smallest absolute Gasteiger partial charge is 0.253 e. The van der Waals surface area contributed by atoms with Gasteiger partial charge >= 0.3 is 0 Å². The third kappa shape index (κ3) is 1.37. The molecule has 0 aromatic carbocycles. The van der Waals surface area contributed by atoms with E-state index in [1.54, 1.807) is 17.0 Å². The van der Waals surface area contributed by atoms with Gasteiger partial charge in [-0.3, -0.25) is 0 Å². The van der Waals surface area contributed by atoms with E-state index in [4.69, 9.17) is 4.42 Å². The van der Waals surface area contributed by atoms with Gasteiger partial charge < -0.3 is 4.42 Å². The summed E-state index contributed by atoms with van der Waals surface area (Å²) >= 11 is 0. The predicted octanol–water partition coefficient (Wildman–Crippen LogP) is 2.65. The molecule has 4 rings (SSSR count). The lowest BCUT2D eigenvalue weighted by Gasteiger charge is -2.21. The standard InChI is InChI=1S/C13H12N4O/c1-3-9(4-1)12-15-13-14-7-6-10(17(13)16-12)11-5-2-8-18-11/h2,5-9H,1,3-4H2. The molecule has 1 fully saturated rings. The summed E-state index contributed by atoms with van der Waals surface area (Å²) in [5.41, 5.74) is 0.892. The fraction of sp³-hybridized carbons (Fsp3) is 0.308. The number of nitrogens with zero attached hydrogens (tertiary/aromatic N) is 4. The molecule has 18 heavy (non-hydrogen) atoms. The average molecular weight is 240 g/mol. The normalized spacial score (nSPS) is 16.0. The van der Waals surface area contributed by atoms with E-state index in [1.165, 1.54) is 19.3 Å². The van der Waals surface area contributed by atoms with Crippen molar-refractivity contribution in [1.82, 2.24) is 19.6 Å². The Bertz CT molecular complexity index is 682. The highest BCUT2D eigenvalue weighted by molar-refractivity contribution is 5.54. The molecule has 3 aromatic rings. The SMILES string of the molecule is c1coc(-c2ccnc3nc(C4CCC4)nn23)c1. The maximum atomic E-state index is 5.42. The van der Waals surface area contributed by atoms with Crippen LogP contribution in [0.25, 0.3) is 17.2 Å². The molecule has 0 unspecified atom stereocenters. The Morgan fingerprint density at radius 1 is 1.28 bits per heavy atom. The predicted molar refractivity (Wildman–Crippen MR) is 65.1 cm³/mol. The van der Waals surface area contributed by atoms with E-state index in [0.717, 1.165) is 17.3 Å². The van der Waals surface area contributed by atoms with Crippen LogP contribution in [0.5, 0.6) is 0 Å². The lowest BCUT2D eigenvalue weighted by molar-refractivity contribution is 0.402. The summed E-state index contributed by atoms with van der Waals surface area (Å²) in [5.74, 6) is 2.85. The molecule has 5 heteroatoms. The largest absolute Gasteiger partial charge is 0.463 e. The van der Waals surface area contributed by atoms with Crippen LogP contribution in [0.1, 0.15) is 31.0 Å². The zero-order valence-electron chi connectivity index (χ0n) is 9.78. The number of rotatable bonds is 2. The highest BCUT2D eigenvalue weighted by atomic mass is 16.3. The molecule has 0 amide bonds. The second-order valence-electron chi connectivity index (χ2n) is 4.62. The lowest BCUT2D eigenvalue weighted by Crippen LogP contribution is -2.10. The molecule has 0 aliphatic heterocycles. The molecule has 3 aromatic heterocycles. The van der Waals surface area contributed by atoms with Gasteiger partial charge in [0, 0.05) is 12.1 Å². The Hall–Kier alpha value is -2.17. The summed E-state index contributed by atoms with van der Waals surface area (Å²) in [4.78, 5) is 8.77. The number of furan rings is 1. The minimum atomic E-state index is 0.510. The molecule has 0 atom stereocenters. The van der Waals surface area contributed by atoms with Crippen molar-refractivity contribution in [1.29, 1.82) is 0 Å². The molecule has 0 bridgehead atoms. The van der Waals surface area contributed by atoms with Crippen molar-refractivity contribution in [2.45, 2.75) is 25.2 Å². The maximum Gasteiger partial charge on any atom is 0.253 e. The van der Waals surface area contributed by atoms with Crippen LogP contribution < -0.4 is 0 Å². The summed E-state index contributed by atoms with van der Waals surface area (Å²) in [6.45, 7) is 0. The van der Waals surface area contributed by atoms with Crippen molar-refractivity contribution >= 4 is 5.78 Å². The van der Waals surface area contributed by atoms with Crippen LogP contribution in [0.2, 0.25) is 0 Å². The van der Waals surface area contributed by atoms with Crippen LogP contribution in [0.3, 0.4) is 0 Å². The molecule has 1 aliphatic rings. The molecule has 90 valence electrons. The van der Waals surface area contributed by atoms with Crippen LogP contribution >= 0.6 is 0 Å². The van der Waals surface area contributed by atoms with Crippen molar-refractivity contribution in [3.05, 3.63) is 36.5 Å². The van der Waals surface area contributed by atoms with E-state index in [9.17, 15) is 0 Å². The van der Waals surface area contributed by atoms with E-state index in [1.807, 2.05) is 18.2 Å². The molecule has 0 spiro atoms. The summed E-state index contributed by atoms with van der Waals surface area (Å²) in [6.07, 6.45) is 7.05. The first-order valence-electron chi connectivity index (χ1n) is 6.17. The molecule has 1 saturated carbocycles.